The number of hydrogen-bond acceptors (Lipinski definition) is 3. The van der Waals surface area contributed by atoms with Crippen LogP contribution in [0.15, 0.2) is 24.3 Å². The first-order valence-corrected chi connectivity index (χ1v) is 6.77. The maximum absolute atomic E-state index is 12.7. The number of carbonyl (C=O) groups is 2. The molecule has 1 atom stereocenters. The predicted molar refractivity (Wildman–Crippen MR) is 76.8 cm³/mol. The van der Waals surface area contributed by atoms with E-state index in [2.05, 4.69) is 5.32 Å². The molecule has 1 unspecified atom stereocenters. The van der Waals surface area contributed by atoms with Gasteiger partial charge in [0.1, 0.15) is 11.3 Å². The number of rotatable bonds is 3. The Labute approximate surface area is 118 Å². The summed E-state index contributed by atoms with van der Waals surface area (Å²) in [6, 6.07) is 7.29. The molecular formula is C15H20N2O3. The third-order valence-electron chi connectivity index (χ3n) is 3.79. The zero-order chi connectivity index (χ0) is 14.8. The van der Waals surface area contributed by atoms with Crippen molar-refractivity contribution in [1.82, 2.24) is 5.32 Å². The van der Waals surface area contributed by atoms with Crippen LogP contribution in [0, 0.1) is 0 Å². The molecule has 1 saturated heterocycles. The van der Waals surface area contributed by atoms with Crippen LogP contribution in [0.1, 0.15) is 26.7 Å². The van der Waals surface area contributed by atoms with Gasteiger partial charge in [0.15, 0.2) is 0 Å². The van der Waals surface area contributed by atoms with Crippen molar-refractivity contribution in [2.24, 2.45) is 0 Å². The number of carbonyl (C=O) groups excluding carboxylic acids is 2. The summed E-state index contributed by atoms with van der Waals surface area (Å²) >= 11 is 0. The summed E-state index contributed by atoms with van der Waals surface area (Å²) in [5, 5.41) is 2.82. The van der Waals surface area contributed by atoms with Gasteiger partial charge < -0.3 is 15.0 Å². The molecule has 1 aromatic carbocycles. The molecule has 0 radical (unpaired) electrons. The highest BCUT2D eigenvalue weighted by atomic mass is 16.5. The van der Waals surface area contributed by atoms with Crippen LogP contribution in [0.3, 0.4) is 0 Å². The molecule has 0 aliphatic carbocycles. The number of hydrogen-bond donors (Lipinski definition) is 1. The average Bonchev–Trinajstić information content (AvgIpc) is 2.57. The first-order valence-electron chi connectivity index (χ1n) is 6.77. The molecule has 0 aromatic heterocycles. The second-order valence-electron chi connectivity index (χ2n) is 5.14. The van der Waals surface area contributed by atoms with E-state index in [4.69, 9.17) is 4.74 Å². The smallest absolute Gasteiger partial charge is 0.252 e. The van der Waals surface area contributed by atoms with Crippen LogP contribution >= 0.6 is 0 Å². The number of benzene rings is 1. The molecule has 2 rings (SSSR count). The molecule has 1 fully saturated rings. The maximum Gasteiger partial charge on any atom is 0.252 e. The summed E-state index contributed by atoms with van der Waals surface area (Å²) in [4.78, 5) is 26.1. The van der Waals surface area contributed by atoms with Gasteiger partial charge in [-0.05, 0) is 37.6 Å². The molecule has 20 heavy (non-hydrogen) atoms. The van der Waals surface area contributed by atoms with Crippen molar-refractivity contribution in [1.29, 1.82) is 0 Å². The lowest BCUT2D eigenvalue weighted by atomic mass is 9.97. The fourth-order valence-electron chi connectivity index (χ4n) is 2.28. The highest BCUT2D eigenvalue weighted by Gasteiger charge is 2.39. The van der Waals surface area contributed by atoms with E-state index in [1.165, 1.54) is 0 Å². The Morgan fingerprint density at radius 2 is 1.95 bits per heavy atom. The quantitative estimate of drug-likeness (QED) is 0.914. The minimum Gasteiger partial charge on any atom is -0.497 e. The van der Waals surface area contributed by atoms with Gasteiger partial charge in [0, 0.05) is 18.7 Å². The minimum atomic E-state index is -0.840. The highest BCUT2D eigenvalue weighted by Crippen LogP contribution is 2.25. The molecule has 1 N–H and O–H groups in total. The van der Waals surface area contributed by atoms with E-state index in [1.54, 1.807) is 18.9 Å². The van der Waals surface area contributed by atoms with Crippen LogP contribution in [-0.4, -0.2) is 31.0 Å². The molecule has 2 amide bonds. The van der Waals surface area contributed by atoms with Gasteiger partial charge in [0.05, 0.1) is 7.11 Å². The van der Waals surface area contributed by atoms with Gasteiger partial charge >= 0.3 is 0 Å². The Hall–Kier alpha value is -2.04. The molecule has 0 saturated carbocycles. The first kappa shape index (κ1) is 14.4. The molecule has 0 bridgehead atoms. The lowest BCUT2D eigenvalue weighted by molar-refractivity contribution is -0.129. The van der Waals surface area contributed by atoms with Gasteiger partial charge in [-0.1, -0.05) is 6.92 Å². The Morgan fingerprint density at radius 1 is 1.30 bits per heavy atom. The lowest BCUT2D eigenvalue weighted by Crippen LogP contribution is -2.54. The van der Waals surface area contributed by atoms with Crippen LogP contribution in [0.2, 0.25) is 0 Å². The molecule has 5 heteroatoms. The Balaban J connectivity index is 2.33. The van der Waals surface area contributed by atoms with Gasteiger partial charge in [-0.2, -0.15) is 0 Å². The van der Waals surface area contributed by atoms with Crippen LogP contribution in [0.25, 0.3) is 0 Å². The third-order valence-corrected chi connectivity index (χ3v) is 3.79. The van der Waals surface area contributed by atoms with Crippen LogP contribution in [-0.2, 0) is 9.59 Å². The lowest BCUT2D eigenvalue weighted by Gasteiger charge is -2.31. The molecule has 0 spiro atoms. The Morgan fingerprint density at radius 3 is 2.50 bits per heavy atom. The monoisotopic (exact) mass is 276 g/mol. The number of amides is 2. The zero-order valence-electron chi connectivity index (χ0n) is 12.1. The normalized spacial score (nSPS) is 23.2. The topological polar surface area (TPSA) is 58.6 Å². The Bertz CT molecular complexity index is 512. The summed E-state index contributed by atoms with van der Waals surface area (Å²) in [5.74, 6) is 0.582. The van der Waals surface area contributed by atoms with Gasteiger partial charge in [0.2, 0.25) is 5.91 Å². The van der Waals surface area contributed by atoms with Crippen molar-refractivity contribution in [3.8, 4) is 5.75 Å². The molecule has 5 nitrogen and oxygen atoms in total. The zero-order valence-corrected chi connectivity index (χ0v) is 12.1. The van der Waals surface area contributed by atoms with Gasteiger partial charge in [0.25, 0.3) is 5.91 Å². The number of nitrogens with one attached hydrogen (secondary N) is 1. The van der Waals surface area contributed by atoms with Crippen molar-refractivity contribution in [3.63, 3.8) is 0 Å². The summed E-state index contributed by atoms with van der Waals surface area (Å²) in [6.45, 7) is 4.07. The van der Waals surface area contributed by atoms with E-state index in [9.17, 15) is 9.59 Å². The number of anilines is 1. The number of ether oxygens (including phenoxy) is 1. The van der Waals surface area contributed by atoms with Crippen LogP contribution in [0.4, 0.5) is 5.69 Å². The van der Waals surface area contributed by atoms with Crippen molar-refractivity contribution in [2.75, 3.05) is 18.6 Å². The van der Waals surface area contributed by atoms with Crippen LogP contribution in [0.5, 0.6) is 5.75 Å². The van der Waals surface area contributed by atoms with Crippen molar-refractivity contribution in [3.05, 3.63) is 24.3 Å². The average molecular weight is 276 g/mol. The predicted octanol–water partition coefficient (Wildman–Crippen LogP) is 1.72. The summed E-state index contributed by atoms with van der Waals surface area (Å²) < 4.78 is 5.12. The first-order chi connectivity index (χ1) is 9.50. The minimum absolute atomic E-state index is 0.0731. The number of nitrogens with zero attached hydrogens (tertiary/aromatic N) is 1. The van der Waals surface area contributed by atoms with E-state index in [0.717, 1.165) is 11.4 Å². The highest BCUT2D eigenvalue weighted by molar-refractivity contribution is 6.03. The standard InChI is InChI=1S/C15H20N2O3/c1-4-15(2)14(19)17(10-9-13(18)16-15)11-5-7-12(20-3)8-6-11/h5-8H,4,9-10H2,1-3H3,(H,16,18). The number of methoxy groups -OCH3 is 1. The molecule has 108 valence electrons. The molecule has 1 aliphatic rings. The van der Waals surface area contributed by atoms with Gasteiger partial charge in [-0.3, -0.25) is 9.59 Å². The van der Waals surface area contributed by atoms with E-state index in [0.29, 0.717) is 19.4 Å². The molecule has 1 heterocycles. The molecular weight excluding hydrogens is 256 g/mol. The van der Waals surface area contributed by atoms with Crippen LogP contribution < -0.4 is 15.0 Å². The third kappa shape index (κ3) is 2.61. The largest absolute Gasteiger partial charge is 0.497 e. The van der Waals surface area contributed by atoms with Crippen molar-refractivity contribution < 1.29 is 14.3 Å². The van der Waals surface area contributed by atoms with E-state index in [-0.39, 0.29) is 11.8 Å². The van der Waals surface area contributed by atoms with Gasteiger partial charge in [-0.15, -0.1) is 0 Å². The second-order valence-corrected chi connectivity index (χ2v) is 5.14. The summed E-state index contributed by atoms with van der Waals surface area (Å²) in [7, 11) is 1.60. The second kappa shape index (κ2) is 5.53. The SMILES string of the molecule is CCC1(C)NC(=O)CCN(c2ccc(OC)cc2)C1=O. The molecule has 1 aromatic rings. The van der Waals surface area contributed by atoms with Crippen molar-refractivity contribution >= 4 is 17.5 Å². The molecule has 1 aliphatic heterocycles. The van der Waals surface area contributed by atoms with Crippen molar-refractivity contribution in [2.45, 2.75) is 32.2 Å². The van der Waals surface area contributed by atoms with E-state index >= 15 is 0 Å². The fourth-order valence-corrected chi connectivity index (χ4v) is 2.28. The maximum atomic E-state index is 12.7. The Kier molecular flexibility index (Phi) is 3.97. The van der Waals surface area contributed by atoms with E-state index < -0.39 is 5.54 Å². The summed E-state index contributed by atoms with van der Waals surface area (Å²) in [5.41, 5.74) is -0.0555. The summed E-state index contributed by atoms with van der Waals surface area (Å²) in [6.07, 6.45) is 0.873. The van der Waals surface area contributed by atoms with Gasteiger partial charge in [-0.25, -0.2) is 0 Å². The fraction of sp³-hybridized carbons (Fsp3) is 0.467. The van der Waals surface area contributed by atoms with E-state index in [1.807, 2.05) is 31.2 Å².